The molecule has 3 aromatic rings. The van der Waals surface area contributed by atoms with Crippen molar-refractivity contribution in [2.45, 2.75) is 37.8 Å². The number of hydrogen-bond acceptors (Lipinski definition) is 7. The summed E-state index contributed by atoms with van der Waals surface area (Å²) in [6.07, 6.45) is 1.23. The van der Waals surface area contributed by atoms with Gasteiger partial charge in [-0.2, -0.15) is 5.10 Å². The molecule has 1 atom stereocenters. The van der Waals surface area contributed by atoms with E-state index in [0.29, 0.717) is 21.9 Å². The quantitative estimate of drug-likeness (QED) is 0.440. The highest BCUT2D eigenvalue weighted by molar-refractivity contribution is 7.99. The molecule has 0 aliphatic carbocycles. The number of amides is 1. The van der Waals surface area contributed by atoms with Crippen molar-refractivity contribution in [3.8, 4) is 5.69 Å². The van der Waals surface area contributed by atoms with Crippen LogP contribution in [-0.4, -0.2) is 58.0 Å². The maximum Gasteiger partial charge on any atom is 0.265 e. The molecule has 1 amide bonds. The molecule has 0 saturated carbocycles. The van der Waals surface area contributed by atoms with Gasteiger partial charge in [0.1, 0.15) is 5.39 Å². The number of aryl methyl sites for hydroxylation is 2. The lowest BCUT2D eigenvalue weighted by atomic mass is 10.1. The van der Waals surface area contributed by atoms with Gasteiger partial charge >= 0.3 is 0 Å². The van der Waals surface area contributed by atoms with Crippen LogP contribution in [0.3, 0.4) is 0 Å². The van der Waals surface area contributed by atoms with Gasteiger partial charge in [-0.15, -0.1) is 0 Å². The van der Waals surface area contributed by atoms with Crippen LogP contribution in [0.4, 0.5) is 0 Å². The molecular weight excluding hydrogens is 418 g/mol. The molecule has 2 aromatic heterocycles. The van der Waals surface area contributed by atoms with Gasteiger partial charge in [0.2, 0.25) is 5.91 Å². The van der Waals surface area contributed by atoms with Crippen LogP contribution in [0, 0.1) is 13.8 Å². The van der Waals surface area contributed by atoms with E-state index in [1.165, 1.54) is 26.0 Å². The van der Waals surface area contributed by atoms with Crippen molar-refractivity contribution in [2.75, 3.05) is 26.5 Å². The Morgan fingerprint density at radius 3 is 2.81 bits per heavy atom. The number of benzene rings is 1. The van der Waals surface area contributed by atoms with E-state index >= 15 is 0 Å². The first-order valence-electron chi connectivity index (χ1n) is 9.96. The molecule has 1 aromatic carbocycles. The molecule has 0 spiro atoms. The number of carbonyl (C=O) groups excluding carboxylic acids is 1. The summed E-state index contributed by atoms with van der Waals surface area (Å²) in [5.74, 6) is 0.438. The lowest BCUT2D eigenvalue weighted by Gasteiger charge is -2.16. The molecule has 0 saturated heterocycles. The number of thioether (sulfide) groups is 1. The van der Waals surface area contributed by atoms with Gasteiger partial charge in [0, 0.05) is 26.4 Å². The molecule has 9 nitrogen and oxygen atoms in total. The Labute approximate surface area is 183 Å². The number of fused-ring (bicyclic) bond motifs is 2. The molecule has 1 aliphatic rings. The van der Waals surface area contributed by atoms with Crippen molar-refractivity contribution in [1.82, 2.24) is 24.6 Å². The third-order valence-electron chi connectivity index (χ3n) is 5.36. The number of nitrogens with one attached hydrogen (secondary N) is 1. The molecule has 3 heterocycles. The first-order chi connectivity index (χ1) is 14.9. The fraction of sp³-hybridized carbons (Fsp3) is 0.429. The third kappa shape index (κ3) is 4.10. The summed E-state index contributed by atoms with van der Waals surface area (Å²) >= 11 is 1.48. The van der Waals surface area contributed by atoms with E-state index in [-0.39, 0.29) is 30.5 Å². The van der Waals surface area contributed by atoms with Gasteiger partial charge in [-0.25, -0.2) is 9.67 Å². The van der Waals surface area contributed by atoms with Gasteiger partial charge in [-0.05, 0) is 25.5 Å². The molecule has 164 valence electrons. The molecule has 1 aliphatic heterocycles. The second-order valence-corrected chi connectivity index (χ2v) is 8.51. The van der Waals surface area contributed by atoms with Crippen molar-refractivity contribution in [3.05, 3.63) is 45.9 Å². The van der Waals surface area contributed by atoms with E-state index in [0.717, 1.165) is 16.8 Å². The molecule has 31 heavy (non-hydrogen) atoms. The Bertz CT molecular complexity index is 1180. The summed E-state index contributed by atoms with van der Waals surface area (Å²) in [5, 5.41) is 8.27. The minimum Gasteiger partial charge on any atom is -0.354 e. The van der Waals surface area contributed by atoms with Crippen LogP contribution in [0.1, 0.15) is 23.6 Å². The zero-order chi connectivity index (χ0) is 22.1. The van der Waals surface area contributed by atoms with E-state index in [9.17, 15) is 9.59 Å². The number of aromatic nitrogens is 4. The Kier molecular flexibility index (Phi) is 6.12. The molecule has 0 fully saturated rings. The number of nitrogens with zero attached hydrogens (tertiary/aromatic N) is 4. The van der Waals surface area contributed by atoms with E-state index < -0.39 is 6.29 Å². The van der Waals surface area contributed by atoms with Gasteiger partial charge in [0.25, 0.3) is 5.56 Å². The number of hydrogen-bond donors (Lipinski definition) is 1. The van der Waals surface area contributed by atoms with Crippen LogP contribution in [0.5, 0.6) is 0 Å². The van der Waals surface area contributed by atoms with Gasteiger partial charge in [0.15, 0.2) is 17.1 Å². The smallest absolute Gasteiger partial charge is 0.265 e. The fourth-order valence-corrected chi connectivity index (χ4v) is 4.88. The van der Waals surface area contributed by atoms with Gasteiger partial charge in [-0.3, -0.25) is 14.2 Å². The van der Waals surface area contributed by atoms with Crippen molar-refractivity contribution in [2.24, 2.45) is 0 Å². The van der Waals surface area contributed by atoms with E-state index in [1.807, 2.05) is 26.0 Å². The van der Waals surface area contributed by atoms with Crippen LogP contribution in [0.2, 0.25) is 0 Å². The molecule has 1 unspecified atom stereocenters. The average molecular weight is 444 g/mol. The van der Waals surface area contributed by atoms with E-state index in [1.54, 1.807) is 15.4 Å². The predicted molar refractivity (Wildman–Crippen MR) is 118 cm³/mol. The van der Waals surface area contributed by atoms with Gasteiger partial charge in [-0.1, -0.05) is 29.5 Å². The Balaban J connectivity index is 1.62. The minimum absolute atomic E-state index is 0.171. The fourth-order valence-electron chi connectivity index (χ4n) is 3.75. The number of methoxy groups -OCH3 is 2. The topological polar surface area (TPSA) is 100 Å². The molecule has 0 radical (unpaired) electrons. The molecule has 4 rings (SSSR count). The highest BCUT2D eigenvalue weighted by Gasteiger charge is 2.29. The summed E-state index contributed by atoms with van der Waals surface area (Å²) in [7, 11) is 3.03. The number of rotatable bonds is 7. The predicted octanol–water partition coefficient (Wildman–Crippen LogP) is 1.97. The van der Waals surface area contributed by atoms with E-state index in [4.69, 9.17) is 14.5 Å². The van der Waals surface area contributed by atoms with Gasteiger partial charge < -0.3 is 14.8 Å². The number of ether oxygens (including phenoxy) is 2. The van der Waals surface area contributed by atoms with Gasteiger partial charge in [0.05, 0.1) is 24.5 Å². The van der Waals surface area contributed by atoms with Crippen LogP contribution in [0.15, 0.2) is 34.3 Å². The summed E-state index contributed by atoms with van der Waals surface area (Å²) in [6, 6.07) is 5.80. The maximum atomic E-state index is 13.2. The van der Waals surface area contributed by atoms with Crippen molar-refractivity contribution >= 4 is 28.7 Å². The van der Waals surface area contributed by atoms with Crippen molar-refractivity contribution in [3.63, 3.8) is 0 Å². The minimum atomic E-state index is -0.505. The first kappa shape index (κ1) is 21.5. The van der Waals surface area contributed by atoms with Crippen LogP contribution in [-0.2, 0) is 14.3 Å². The average Bonchev–Trinajstić information content (AvgIpc) is 3.34. The second-order valence-electron chi connectivity index (χ2n) is 7.53. The monoisotopic (exact) mass is 443 g/mol. The molecule has 0 bridgehead atoms. The Hall–Kier alpha value is -2.69. The highest BCUT2D eigenvalue weighted by atomic mass is 32.2. The standard InChI is InChI=1S/C21H25N5O4S/c1-12-5-6-16(13(2)7-12)26-19-15(9-23-26)20(28)25-14(11-31-21(25)24-19)8-17(27)22-10-18(29-3)30-4/h5-7,9,14,18H,8,10-11H2,1-4H3,(H,22,27). The largest absolute Gasteiger partial charge is 0.354 e. The zero-order valence-electron chi connectivity index (χ0n) is 17.9. The van der Waals surface area contributed by atoms with Crippen molar-refractivity contribution in [1.29, 1.82) is 0 Å². The highest BCUT2D eigenvalue weighted by Crippen LogP contribution is 2.33. The number of carbonyl (C=O) groups is 1. The lowest BCUT2D eigenvalue weighted by molar-refractivity contribution is -0.128. The lowest BCUT2D eigenvalue weighted by Crippen LogP contribution is -2.36. The van der Waals surface area contributed by atoms with E-state index in [2.05, 4.69) is 16.5 Å². The summed E-state index contributed by atoms with van der Waals surface area (Å²) in [6.45, 7) is 4.29. The first-order valence-corrected chi connectivity index (χ1v) is 10.9. The Morgan fingerprint density at radius 2 is 2.10 bits per heavy atom. The second kappa shape index (κ2) is 8.81. The SMILES string of the molecule is COC(CNC(=O)CC1CSc2nc3c(cnn3-c3ccc(C)cc3C)c(=O)n21)OC. The Morgan fingerprint density at radius 1 is 1.32 bits per heavy atom. The van der Waals surface area contributed by atoms with Crippen LogP contribution >= 0.6 is 11.8 Å². The summed E-state index contributed by atoms with van der Waals surface area (Å²) in [4.78, 5) is 30.4. The maximum absolute atomic E-state index is 13.2. The van der Waals surface area contributed by atoms with Crippen LogP contribution in [0.25, 0.3) is 16.7 Å². The zero-order valence-corrected chi connectivity index (χ0v) is 18.7. The summed E-state index contributed by atoms with van der Waals surface area (Å²) < 4.78 is 13.5. The summed E-state index contributed by atoms with van der Waals surface area (Å²) in [5.41, 5.74) is 3.46. The van der Waals surface area contributed by atoms with Crippen LogP contribution < -0.4 is 10.9 Å². The third-order valence-corrected chi connectivity index (χ3v) is 6.46. The normalized spacial score (nSPS) is 15.6. The molecule has 1 N–H and O–H groups in total. The van der Waals surface area contributed by atoms with Crippen molar-refractivity contribution < 1.29 is 14.3 Å². The molecular formula is C21H25N5O4S. The molecule has 10 heteroatoms.